The summed E-state index contributed by atoms with van der Waals surface area (Å²) in [5.41, 5.74) is 8.26. The SMILES string of the molecule is CN(C)Cc1ccc(CN=C(N)NC(C)(C)C)cc1. The first-order valence-corrected chi connectivity index (χ1v) is 6.57. The van der Waals surface area contributed by atoms with Crippen molar-refractivity contribution in [2.24, 2.45) is 10.7 Å². The van der Waals surface area contributed by atoms with E-state index in [1.165, 1.54) is 11.1 Å². The van der Waals surface area contributed by atoms with Crippen LogP contribution in [0, 0.1) is 0 Å². The van der Waals surface area contributed by atoms with Crippen molar-refractivity contribution in [2.75, 3.05) is 14.1 Å². The molecule has 4 nitrogen and oxygen atoms in total. The number of nitrogens with two attached hydrogens (primary N) is 1. The number of nitrogens with one attached hydrogen (secondary N) is 1. The average Bonchev–Trinajstić information content (AvgIpc) is 2.25. The van der Waals surface area contributed by atoms with Gasteiger partial charge < -0.3 is 16.0 Å². The van der Waals surface area contributed by atoms with Gasteiger partial charge in [0, 0.05) is 12.1 Å². The van der Waals surface area contributed by atoms with Gasteiger partial charge in [-0.05, 0) is 46.0 Å². The Labute approximate surface area is 116 Å². The smallest absolute Gasteiger partial charge is 0.189 e. The van der Waals surface area contributed by atoms with Gasteiger partial charge in [0.25, 0.3) is 0 Å². The van der Waals surface area contributed by atoms with E-state index in [1.54, 1.807) is 0 Å². The molecule has 0 amide bonds. The highest BCUT2D eigenvalue weighted by Crippen LogP contribution is 2.07. The van der Waals surface area contributed by atoms with Crippen molar-refractivity contribution >= 4 is 5.96 Å². The molecule has 3 N–H and O–H groups in total. The van der Waals surface area contributed by atoms with E-state index >= 15 is 0 Å². The van der Waals surface area contributed by atoms with Gasteiger partial charge in [-0.15, -0.1) is 0 Å². The molecule has 0 saturated carbocycles. The summed E-state index contributed by atoms with van der Waals surface area (Å²) >= 11 is 0. The third-order valence-electron chi connectivity index (χ3n) is 2.46. The maximum atomic E-state index is 5.84. The van der Waals surface area contributed by atoms with Crippen LogP contribution in [0.2, 0.25) is 0 Å². The number of benzene rings is 1. The van der Waals surface area contributed by atoms with Gasteiger partial charge in [0.1, 0.15) is 0 Å². The molecule has 4 heteroatoms. The van der Waals surface area contributed by atoms with E-state index in [2.05, 4.69) is 74.3 Å². The molecule has 0 aromatic heterocycles. The van der Waals surface area contributed by atoms with Crippen LogP contribution in [-0.2, 0) is 13.1 Å². The molecule has 1 rings (SSSR count). The van der Waals surface area contributed by atoms with Crippen LogP contribution in [0.1, 0.15) is 31.9 Å². The highest BCUT2D eigenvalue weighted by Gasteiger charge is 2.09. The zero-order chi connectivity index (χ0) is 14.5. The molecule has 0 unspecified atom stereocenters. The van der Waals surface area contributed by atoms with E-state index in [4.69, 9.17) is 5.73 Å². The standard InChI is InChI=1S/C15H26N4/c1-15(2,3)18-14(16)17-10-12-6-8-13(9-7-12)11-19(4)5/h6-9H,10-11H2,1-5H3,(H3,16,17,18). The Morgan fingerprint density at radius 3 is 2.16 bits per heavy atom. The number of nitrogens with zero attached hydrogens (tertiary/aromatic N) is 2. The molecule has 1 aromatic rings. The lowest BCUT2D eigenvalue weighted by Gasteiger charge is -2.21. The van der Waals surface area contributed by atoms with E-state index in [-0.39, 0.29) is 5.54 Å². The molecular formula is C15H26N4. The summed E-state index contributed by atoms with van der Waals surface area (Å²) < 4.78 is 0. The molecule has 19 heavy (non-hydrogen) atoms. The molecule has 0 aliphatic rings. The third kappa shape index (κ3) is 6.82. The van der Waals surface area contributed by atoms with Crippen LogP contribution in [-0.4, -0.2) is 30.5 Å². The largest absolute Gasteiger partial charge is 0.370 e. The van der Waals surface area contributed by atoms with Crippen molar-refractivity contribution in [2.45, 2.75) is 39.4 Å². The van der Waals surface area contributed by atoms with Crippen LogP contribution in [0.5, 0.6) is 0 Å². The summed E-state index contributed by atoms with van der Waals surface area (Å²) in [5, 5.41) is 3.15. The minimum absolute atomic E-state index is 0.0524. The predicted molar refractivity (Wildman–Crippen MR) is 82.0 cm³/mol. The second-order valence-corrected chi connectivity index (χ2v) is 6.13. The minimum Gasteiger partial charge on any atom is -0.370 e. The van der Waals surface area contributed by atoms with Crippen LogP contribution < -0.4 is 11.1 Å². The van der Waals surface area contributed by atoms with Crippen LogP contribution in [0.3, 0.4) is 0 Å². The van der Waals surface area contributed by atoms with Crippen molar-refractivity contribution in [3.8, 4) is 0 Å². The van der Waals surface area contributed by atoms with Gasteiger partial charge in [0.15, 0.2) is 5.96 Å². The average molecular weight is 262 g/mol. The fourth-order valence-corrected chi connectivity index (χ4v) is 1.72. The van der Waals surface area contributed by atoms with Crippen LogP contribution in [0.15, 0.2) is 29.3 Å². The second-order valence-electron chi connectivity index (χ2n) is 6.13. The molecule has 0 heterocycles. The molecule has 0 saturated heterocycles. The summed E-state index contributed by atoms with van der Waals surface area (Å²) in [7, 11) is 4.13. The fraction of sp³-hybridized carbons (Fsp3) is 0.533. The number of hydrogen-bond donors (Lipinski definition) is 2. The van der Waals surface area contributed by atoms with Crippen LogP contribution in [0.25, 0.3) is 0 Å². The Hall–Kier alpha value is -1.55. The summed E-state index contributed by atoms with van der Waals surface area (Å²) in [6.07, 6.45) is 0. The molecule has 0 bridgehead atoms. The quantitative estimate of drug-likeness (QED) is 0.644. The summed E-state index contributed by atoms with van der Waals surface area (Å²) in [5.74, 6) is 0.491. The van der Waals surface area contributed by atoms with Crippen molar-refractivity contribution < 1.29 is 0 Å². The maximum Gasteiger partial charge on any atom is 0.189 e. The first kappa shape index (κ1) is 15.5. The molecular weight excluding hydrogens is 236 g/mol. The normalized spacial score (nSPS) is 12.8. The van der Waals surface area contributed by atoms with Gasteiger partial charge in [-0.1, -0.05) is 24.3 Å². The Bertz CT molecular complexity index is 413. The number of rotatable bonds is 4. The Morgan fingerprint density at radius 2 is 1.68 bits per heavy atom. The fourth-order valence-electron chi connectivity index (χ4n) is 1.72. The summed E-state index contributed by atoms with van der Waals surface area (Å²) in [4.78, 5) is 6.49. The molecule has 0 fully saturated rings. The number of aliphatic imine (C=N–C) groups is 1. The second kappa shape index (κ2) is 6.57. The van der Waals surface area contributed by atoms with Crippen molar-refractivity contribution in [1.82, 2.24) is 10.2 Å². The Balaban J connectivity index is 2.56. The zero-order valence-electron chi connectivity index (χ0n) is 12.7. The van der Waals surface area contributed by atoms with E-state index in [0.717, 1.165) is 6.54 Å². The van der Waals surface area contributed by atoms with Crippen molar-refractivity contribution in [3.63, 3.8) is 0 Å². The molecule has 0 spiro atoms. The molecule has 106 valence electrons. The topological polar surface area (TPSA) is 53.6 Å². The zero-order valence-corrected chi connectivity index (χ0v) is 12.7. The van der Waals surface area contributed by atoms with Gasteiger partial charge in [-0.3, -0.25) is 0 Å². The lowest BCUT2D eigenvalue weighted by atomic mass is 10.1. The highest BCUT2D eigenvalue weighted by molar-refractivity contribution is 5.78. The van der Waals surface area contributed by atoms with Gasteiger partial charge in [-0.2, -0.15) is 0 Å². The summed E-state index contributed by atoms with van der Waals surface area (Å²) in [6.45, 7) is 7.75. The molecule has 0 atom stereocenters. The monoisotopic (exact) mass is 262 g/mol. The number of hydrogen-bond acceptors (Lipinski definition) is 2. The molecule has 0 aliphatic heterocycles. The Kier molecular flexibility index (Phi) is 5.36. The lowest BCUT2D eigenvalue weighted by molar-refractivity contribution is 0.402. The number of guanidine groups is 1. The van der Waals surface area contributed by atoms with Gasteiger partial charge in [0.05, 0.1) is 6.54 Å². The van der Waals surface area contributed by atoms with E-state index in [1.807, 2.05) is 0 Å². The highest BCUT2D eigenvalue weighted by atomic mass is 15.1. The predicted octanol–water partition coefficient (Wildman–Crippen LogP) is 1.95. The molecule has 0 radical (unpaired) electrons. The van der Waals surface area contributed by atoms with Gasteiger partial charge >= 0.3 is 0 Å². The van der Waals surface area contributed by atoms with E-state index < -0.39 is 0 Å². The van der Waals surface area contributed by atoms with Crippen molar-refractivity contribution in [1.29, 1.82) is 0 Å². The molecule has 1 aromatic carbocycles. The van der Waals surface area contributed by atoms with Gasteiger partial charge in [0.2, 0.25) is 0 Å². The third-order valence-corrected chi connectivity index (χ3v) is 2.46. The van der Waals surface area contributed by atoms with Crippen molar-refractivity contribution in [3.05, 3.63) is 35.4 Å². The first-order valence-electron chi connectivity index (χ1n) is 6.57. The maximum absolute atomic E-state index is 5.84. The van der Waals surface area contributed by atoms with Gasteiger partial charge in [-0.25, -0.2) is 4.99 Å². The van der Waals surface area contributed by atoms with Crippen LogP contribution in [0.4, 0.5) is 0 Å². The minimum atomic E-state index is -0.0524. The van der Waals surface area contributed by atoms with E-state index in [9.17, 15) is 0 Å². The summed E-state index contributed by atoms with van der Waals surface area (Å²) in [6, 6.07) is 8.48. The van der Waals surface area contributed by atoms with Crippen LogP contribution >= 0.6 is 0 Å². The molecule has 0 aliphatic carbocycles. The first-order chi connectivity index (χ1) is 8.76. The Morgan fingerprint density at radius 1 is 1.16 bits per heavy atom. The van der Waals surface area contributed by atoms with E-state index in [0.29, 0.717) is 12.5 Å². The lowest BCUT2D eigenvalue weighted by Crippen LogP contribution is -2.44.